The van der Waals surface area contributed by atoms with Crippen molar-refractivity contribution >= 4 is 28.4 Å². The van der Waals surface area contributed by atoms with Gasteiger partial charge in [0.05, 0.1) is 36.2 Å². The van der Waals surface area contributed by atoms with E-state index < -0.39 is 0 Å². The second-order valence-corrected chi connectivity index (χ2v) is 8.11. The molecule has 0 saturated heterocycles. The number of aromatic amines is 1. The van der Waals surface area contributed by atoms with E-state index in [1.54, 1.807) is 0 Å². The minimum Gasteiger partial charge on any atom is -0.490 e. The van der Waals surface area contributed by atoms with Gasteiger partial charge >= 0.3 is 0 Å². The Balaban J connectivity index is 1.34. The first-order valence-electron chi connectivity index (χ1n) is 10.2. The largest absolute Gasteiger partial charge is 0.490 e. The summed E-state index contributed by atoms with van der Waals surface area (Å²) in [5.41, 5.74) is 4.24. The van der Waals surface area contributed by atoms with E-state index in [1.807, 2.05) is 30.3 Å². The first-order chi connectivity index (χ1) is 14.2. The quantitative estimate of drug-likeness (QED) is 0.656. The second kappa shape index (κ2) is 7.64. The molecule has 0 radical (unpaired) electrons. The molecule has 2 heterocycles. The van der Waals surface area contributed by atoms with Gasteiger partial charge in [0.25, 0.3) is 0 Å². The van der Waals surface area contributed by atoms with Crippen molar-refractivity contribution in [3.8, 4) is 11.5 Å². The van der Waals surface area contributed by atoms with Gasteiger partial charge in [-0.05, 0) is 48.6 Å². The van der Waals surface area contributed by atoms with E-state index >= 15 is 0 Å². The smallest absolute Gasteiger partial charge is 0.224 e. The van der Waals surface area contributed by atoms with Crippen LogP contribution in [0.2, 0.25) is 5.02 Å². The molecule has 0 saturated carbocycles. The minimum absolute atomic E-state index is 0.00194. The number of para-hydroxylation sites is 1. The fraction of sp³-hybridized carbons (Fsp3) is 0.348. The number of aromatic nitrogens is 1. The number of aryl methyl sites for hydroxylation is 1. The lowest BCUT2D eigenvalue weighted by Crippen LogP contribution is -2.32. The number of ether oxygens (including phenoxy) is 2. The Labute approximate surface area is 174 Å². The summed E-state index contributed by atoms with van der Waals surface area (Å²) < 4.78 is 11.4. The maximum atomic E-state index is 12.8. The van der Waals surface area contributed by atoms with Crippen LogP contribution in [0.5, 0.6) is 11.5 Å². The summed E-state index contributed by atoms with van der Waals surface area (Å²) in [6.45, 7) is 1.29. The molecular formula is C23H23ClN2O3. The predicted molar refractivity (Wildman–Crippen MR) is 113 cm³/mol. The summed E-state index contributed by atoms with van der Waals surface area (Å²) >= 11 is 6.37. The van der Waals surface area contributed by atoms with Crippen molar-refractivity contribution in [1.29, 1.82) is 0 Å². The van der Waals surface area contributed by atoms with Gasteiger partial charge in [0, 0.05) is 17.5 Å². The van der Waals surface area contributed by atoms with E-state index in [2.05, 4.69) is 16.4 Å². The van der Waals surface area contributed by atoms with Crippen molar-refractivity contribution in [2.75, 3.05) is 13.2 Å². The average Bonchev–Trinajstić information content (AvgIpc) is 2.95. The molecule has 150 valence electrons. The monoisotopic (exact) mass is 410 g/mol. The number of H-pyrrole nitrogens is 1. The third kappa shape index (κ3) is 3.55. The van der Waals surface area contributed by atoms with Crippen LogP contribution in [-0.4, -0.2) is 24.1 Å². The van der Waals surface area contributed by atoms with Crippen molar-refractivity contribution in [1.82, 2.24) is 10.3 Å². The summed E-state index contributed by atoms with van der Waals surface area (Å²) in [6.07, 6.45) is 4.14. The highest BCUT2D eigenvalue weighted by atomic mass is 35.5. The molecule has 2 aliphatic rings. The van der Waals surface area contributed by atoms with Gasteiger partial charge in [-0.25, -0.2) is 0 Å². The molecule has 0 bridgehead atoms. The molecule has 1 aromatic heterocycles. The van der Waals surface area contributed by atoms with Crippen LogP contribution in [0.15, 0.2) is 36.4 Å². The van der Waals surface area contributed by atoms with Crippen molar-refractivity contribution < 1.29 is 14.3 Å². The van der Waals surface area contributed by atoms with Crippen molar-refractivity contribution in [2.45, 2.75) is 38.1 Å². The van der Waals surface area contributed by atoms with Gasteiger partial charge in [0.15, 0.2) is 11.5 Å². The number of fused-ring (bicyclic) bond motifs is 4. The summed E-state index contributed by atoms with van der Waals surface area (Å²) in [5, 5.41) is 5.09. The molecule has 1 amide bonds. The molecule has 5 rings (SSSR count). The molecule has 3 aromatic rings. The fourth-order valence-electron chi connectivity index (χ4n) is 4.34. The number of carbonyl (C=O) groups excluding carboxylic acids is 1. The number of benzene rings is 2. The first kappa shape index (κ1) is 18.4. The maximum Gasteiger partial charge on any atom is 0.224 e. The summed E-state index contributed by atoms with van der Waals surface area (Å²) in [6, 6.07) is 11.7. The summed E-state index contributed by atoms with van der Waals surface area (Å²) in [5.74, 6) is 1.47. The van der Waals surface area contributed by atoms with Crippen molar-refractivity contribution in [3.05, 3.63) is 58.2 Å². The van der Waals surface area contributed by atoms with E-state index in [0.29, 0.717) is 24.7 Å². The van der Waals surface area contributed by atoms with Crippen LogP contribution in [0.3, 0.4) is 0 Å². The Morgan fingerprint density at radius 1 is 1.14 bits per heavy atom. The minimum atomic E-state index is -0.0184. The van der Waals surface area contributed by atoms with Gasteiger partial charge < -0.3 is 19.8 Å². The zero-order valence-corrected chi connectivity index (χ0v) is 16.8. The van der Waals surface area contributed by atoms with E-state index in [-0.39, 0.29) is 11.9 Å². The van der Waals surface area contributed by atoms with E-state index in [1.165, 1.54) is 5.56 Å². The Hall–Kier alpha value is -2.66. The van der Waals surface area contributed by atoms with Crippen LogP contribution in [-0.2, 0) is 17.6 Å². The highest BCUT2D eigenvalue weighted by Gasteiger charge is 2.26. The van der Waals surface area contributed by atoms with Crippen LogP contribution in [0.25, 0.3) is 10.9 Å². The molecule has 1 atom stereocenters. The van der Waals surface area contributed by atoms with Crippen LogP contribution in [0.1, 0.15) is 42.1 Å². The number of halogens is 1. The summed E-state index contributed by atoms with van der Waals surface area (Å²) in [7, 11) is 0. The van der Waals surface area contributed by atoms with E-state index in [0.717, 1.165) is 59.3 Å². The number of carbonyl (C=O) groups is 1. The second-order valence-electron chi connectivity index (χ2n) is 7.70. The highest BCUT2D eigenvalue weighted by Crippen LogP contribution is 2.37. The lowest BCUT2D eigenvalue weighted by molar-refractivity contribution is -0.121. The van der Waals surface area contributed by atoms with E-state index in [4.69, 9.17) is 21.1 Å². The molecule has 1 unspecified atom stereocenters. The van der Waals surface area contributed by atoms with Gasteiger partial charge in [-0.1, -0.05) is 29.8 Å². The molecule has 29 heavy (non-hydrogen) atoms. The number of nitrogens with one attached hydrogen (secondary N) is 2. The van der Waals surface area contributed by atoms with Crippen molar-refractivity contribution in [3.63, 3.8) is 0 Å². The molecule has 5 nitrogen and oxygen atoms in total. The predicted octanol–water partition coefficient (Wildman–Crippen LogP) is 4.72. The molecule has 2 N–H and O–H groups in total. The summed E-state index contributed by atoms with van der Waals surface area (Å²) in [4.78, 5) is 16.3. The number of hydrogen-bond acceptors (Lipinski definition) is 3. The Morgan fingerprint density at radius 3 is 2.90 bits per heavy atom. The lowest BCUT2D eigenvalue weighted by atomic mass is 9.91. The van der Waals surface area contributed by atoms with Crippen molar-refractivity contribution in [2.24, 2.45) is 0 Å². The van der Waals surface area contributed by atoms with E-state index in [9.17, 15) is 4.79 Å². The average molecular weight is 411 g/mol. The Bertz CT molecular complexity index is 1080. The van der Waals surface area contributed by atoms with Crippen LogP contribution >= 0.6 is 11.6 Å². The molecule has 1 aliphatic heterocycles. The molecule has 2 aromatic carbocycles. The normalized spacial score (nSPS) is 18.2. The van der Waals surface area contributed by atoms with Gasteiger partial charge in [-0.15, -0.1) is 0 Å². The number of rotatable bonds is 3. The van der Waals surface area contributed by atoms with Gasteiger partial charge in [0.2, 0.25) is 5.91 Å². The lowest BCUT2D eigenvalue weighted by Gasteiger charge is -2.24. The first-order valence-corrected chi connectivity index (χ1v) is 10.5. The maximum absolute atomic E-state index is 12.8. The number of amides is 1. The third-order valence-corrected chi connectivity index (χ3v) is 6.02. The molecule has 1 aliphatic carbocycles. The zero-order chi connectivity index (χ0) is 19.8. The Morgan fingerprint density at radius 2 is 2.00 bits per heavy atom. The van der Waals surface area contributed by atoms with Gasteiger partial charge in [-0.3, -0.25) is 4.79 Å². The fourth-order valence-corrected chi connectivity index (χ4v) is 4.57. The zero-order valence-electron chi connectivity index (χ0n) is 16.1. The standard InChI is InChI=1S/C23H23ClN2O3/c24-17-6-1-4-15-16-5-2-7-18(23(16)26-22(15)17)25-21(27)13-14-8-9-19-20(12-14)29-11-3-10-28-19/h1,4,6,8-9,12,18,26H,2-3,5,7,10-11,13H2,(H,25,27). The van der Waals surface area contributed by atoms with Crippen LogP contribution in [0, 0.1) is 0 Å². The Kier molecular flexibility index (Phi) is 4.84. The molecule has 6 heteroatoms. The van der Waals surface area contributed by atoms with Crippen LogP contribution < -0.4 is 14.8 Å². The topological polar surface area (TPSA) is 63.4 Å². The molecule has 0 spiro atoms. The SMILES string of the molecule is O=C(Cc1ccc2c(c1)OCCCO2)NC1CCCc2c1[nH]c1c(Cl)cccc21. The molecular weight excluding hydrogens is 388 g/mol. The van der Waals surface area contributed by atoms with Gasteiger partial charge in [0.1, 0.15) is 0 Å². The van der Waals surface area contributed by atoms with Gasteiger partial charge in [-0.2, -0.15) is 0 Å². The van der Waals surface area contributed by atoms with Crippen LogP contribution in [0.4, 0.5) is 0 Å². The number of hydrogen-bond donors (Lipinski definition) is 2. The molecule has 0 fully saturated rings. The highest BCUT2D eigenvalue weighted by molar-refractivity contribution is 6.35. The third-order valence-electron chi connectivity index (χ3n) is 5.70.